The van der Waals surface area contributed by atoms with Gasteiger partial charge in [-0.25, -0.2) is 0 Å². The van der Waals surface area contributed by atoms with Crippen LogP contribution in [0, 0.1) is 0 Å². The highest BCUT2D eigenvalue weighted by Crippen LogP contribution is 2.26. The molecule has 1 atom stereocenters. The van der Waals surface area contributed by atoms with Crippen LogP contribution in [0.15, 0.2) is 59.8 Å². The average Bonchev–Trinajstić information content (AvgIpc) is 3.10. The van der Waals surface area contributed by atoms with Crippen LogP contribution in [0.5, 0.6) is 5.75 Å². The van der Waals surface area contributed by atoms with Gasteiger partial charge < -0.3 is 4.74 Å². The predicted molar refractivity (Wildman–Crippen MR) is 91.9 cm³/mol. The molecule has 0 saturated carbocycles. The number of benzene rings is 2. The molecule has 0 fully saturated rings. The molecule has 1 heterocycles. The van der Waals surface area contributed by atoms with E-state index < -0.39 is 11.9 Å². The Hall–Kier alpha value is -2.81. The van der Waals surface area contributed by atoms with Gasteiger partial charge in [-0.1, -0.05) is 30.0 Å². The molecule has 134 valence electrons. The summed E-state index contributed by atoms with van der Waals surface area (Å²) in [4.78, 5) is 12.6. The maximum absolute atomic E-state index is 12.6. The largest absolute Gasteiger partial charge is 0.435 e. The minimum atomic E-state index is -2.90. The number of rotatable bonds is 7. The van der Waals surface area contributed by atoms with Gasteiger partial charge in [-0.3, -0.25) is 4.79 Å². The molecule has 0 aliphatic carbocycles. The summed E-state index contributed by atoms with van der Waals surface area (Å²) >= 11 is 1.22. The van der Waals surface area contributed by atoms with Gasteiger partial charge in [0.05, 0.1) is 10.9 Å². The number of Topliss-reactive ketones (excluding diaryl/α,β-unsaturated/α-hetero) is 1. The van der Waals surface area contributed by atoms with Crippen LogP contribution in [0.4, 0.5) is 8.78 Å². The molecule has 0 spiro atoms. The van der Waals surface area contributed by atoms with Gasteiger partial charge in [0, 0.05) is 5.56 Å². The molecule has 0 unspecified atom stereocenters. The minimum absolute atomic E-state index is 0.00452. The number of aromatic nitrogens is 4. The number of carbonyl (C=O) groups is 1. The van der Waals surface area contributed by atoms with Crippen molar-refractivity contribution in [3.63, 3.8) is 0 Å². The summed E-state index contributed by atoms with van der Waals surface area (Å²) in [6.07, 6.45) is 0. The monoisotopic (exact) mass is 376 g/mol. The smallest absolute Gasteiger partial charge is 0.387 e. The minimum Gasteiger partial charge on any atom is -0.435 e. The number of carbonyl (C=O) groups excluding carboxylic acids is 1. The number of tetrazole rings is 1. The molecule has 0 saturated heterocycles. The van der Waals surface area contributed by atoms with Crippen molar-refractivity contribution >= 4 is 17.5 Å². The first-order valence-corrected chi connectivity index (χ1v) is 8.52. The topological polar surface area (TPSA) is 69.9 Å². The van der Waals surface area contributed by atoms with Crippen molar-refractivity contribution in [3.05, 3.63) is 60.2 Å². The summed E-state index contributed by atoms with van der Waals surface area (Å²) in [7, 11) is 0. The van der Waals surface area contributed by atoms with E-state index in [-0.39, 0.29) is 11.5 Å². The molecule has 0 N–H and O–H groups in total. The Balaban J connectivity index is 1.71. The summed E-state index contributed by atoms with van der Waals surface area (Å²) in [5.74, 6) is -0.161. The molecule has 6 nitrogen and oxygen atoms in total. The number of ketones is 1. The lowest BCUT2D eigenvalue weighted by atomic mass is 10.1. The Labute approximate surface area is 152 Å². The van der Waals surface area contributed by atoms with Crippen molar-refractivity contribution < 1.29 is 18.3 Å². The highest BCUT2D eigenvalue weighted by molar-refractivity contribution is 8.00. The second-order valence-electron chi connectivity index (χ2n) is 5.24. The normalized spacial score (nSPS) is 12.2. The van der Waals surface area contributed by atoms with E-state index in [9.17, 15) is 13.6 Å². The number of hydrogen-bond acceptors (Lipinski definition) is 6. The van der Waals surface area contributed by atoms with Crippen molar-refractivity contribution in [2.45, 2.75) is 23.9 Å². The second-order valence-corrected chi connectivity index (χ2v) is 6.54. The molecule has 3 aromatic rings. The fourth-order valence-corrected chi connectivity index (χ4v) is 3.12. The lowest BCUT2D eigenvalue weighted by molar-refractivity contribution is -0.0498. The van der Waals surface area contributed by atoms with Gasteiger partial charge in [-0.05, 0) is 53.7 Å². The SMILES string of the molecule is C[C@H](Sc1nnnn1-c1ccccc1)C(=O)c1ccc(OC(F)F)cc1. The van der Waals surface area contributed by atoms with Crippen molar-refractivity contribution in [1.29, 1.82) is 0 Å². The van der Waals surface area contributed by atoms with Crippen molar-refractivity contribution in [2.24, 2.45) is 0 Å². The predicted octanol–water partition coefficient (Wildman–Crippen LogP) is 3.63. The summed E-state index contributed by atoms with van der Waals surface area (Å²) in [6, 6.07) is 14.9. The standard InChI is InChI=1S/C17H14F2N4O2S/c1-11(15(24)12-7-9-14(10-8-12)25-16(18)19)26-17-20-21-22-23(17)13-5-3-2-4-6-13/h2-11,16H,1H3/t11-/m0/s1. The quantitative estimate of drug-likeness (QED) is 0.463. The molecule has 2 aromatic carbocycles. The third-order valence-corrected chi connectivity index (χ3v) is 4.49. The highest BCUT2D eigenvalue weighted by Gasteiger charge is 2.20. The average molecular weight is 376 g/mol. The number of halogens is 2. The molecule has 0 bridgehead atoms. The summed E-state index contributed by atoms with van der Waals surface area (Å²) in [6.45, 7) is -1.16. The van der Waals surface area contributed by atoms with E-state index >= 15 is 0 Å². The first-order chi connectivity index (χ1) is 12.5. The third kappa shape index (κ3) is 4.23. The zero-order valence-electron chi connectivity index (χ0n) is 13.6. The number of hydrogen-bond donors (Lipinski definition) is 0. The fraction of sp³-hybridized carbons (Fsp3) is 0.176. The zero-order chi connectivity index (χ0) is 18.5. The summed E-state index contributed by atoms with van der Waals surface area (Å²) in [5.41, 5.74) is 1.18. The van der Waals surface area contributed by atoms with Crippen LogP contribution in [0.3, 0.4) is 0 Å². The van der Waals surface area contributed by atoms with Crippen molar-refractivity contribution in [2.75, 3.05) is 0 Å². The Bertz CT molecular complexity index is 872. The van der Waals surface area contributed by atoms with Crippen LogP contribution >= 0.6 is 11.8 Å². The highest BCUT2D eigenvalue weighted by atomic mass is 32.2. The molecular weight excluding hydrogens is 362 g/mol. The van der Waals surface area contributed by atoms with E-state index in [4.69, 9.17) is 0 Å². The maximum Gasteiger partial charge on any atom is 0.387 e. The van der Waals surface area contributed by atoms with E-state index in [1.165, 1.54) is 36.0 Å². The Kier molecular flexibility index (Phi) is 5.57. The number of ether oxygens (including phenoxy) is 1. The van der Waals surface area contributed by atoms with E-state index in [0.29, 0.717) is 10.7 Å². The molecule has 0 radical (unpaired) electrons. The third-order valence-electron chi connectivity index (χ3n) is 3.46. The van der Waals surface area contributed by atoms with Crippen LogP contribution in [0.2, 0.25) is 0 Å². The number of thioether (sulfide) groups is 1. The first kappa shape index (κ1) is 18.0. The molecule has 26 heavy (non-hydrogen) atoms. The second kappa shape index (κ2) is 8.05. The Morgan fingerprint density at radius 1 is 1.12 bits per heavy atom. The molecular formula is C17H14F2N4O2S. The van der Waals surface area contributed by atoms with Crippen LogP contribution in [0.25, 0.3) is 5.69 Å². The van der Waals surface area contributed by atoms with E-state index in [1.807, 2.05) is 30.3 Å². The van der Waals surface area contributed by atoms with Gasteiger partial charge in [0.25, 0.3) is 0 Å². The van der Waals surface area contributed by atoms with Gasteiger partial charge in [0.15, 0.2) is 5.78 Å². The van der Waals surface area contributed by atoms with Crippen molar-refractivity contribution in [3.8, 4) is 11.4 Å². The summed E-state index contributed by atoms with van der Waals surface area (Å²) < 4.78 is 30.2. The zero-order valence-corrected chi connectivity index (χ0v) is 14.4. The van der Waals surface area contributed by atoms with Gasteiger partial charge in [-0.2, -0.15) is 13.5 Å². The van der Waals surface area contributed by atoms with Gasteiger partial charge in [0.2, 0.25) is 5.16 Å². The van der Waals surface area contributed by atoms with Gasteiger partial charge in [-0.15, -0.1) is 5.10 Å². The molecule has 1 aromatic heterocycles. The number of alkyl halides is 2. The number of nitrogens with zero attached hydrogens (tertiary/aromatic N) is 4. The van der Waals surface area contributed by atoms with E-state index in [0.717, 1.165) is 5.69 Å². The molecule has 0 aliphatic rings. The van der Waals surface area contributed by atoms with Gasteiger partial charge >= 0.3 is 6.61 Å². The van der Waals surface area contributed by atoms with Crippen LogP contribution in [-0.4, -0.2) is 37.9 Å². The molecule has 0 amide bonds. The van der Waals surface area contributed by atoms with Gasteiger partial charge in [0.1, 0.15) is 5.75 Å². The van der Waals surface area contributed by atoms with Crippen LogP contribution < -0.4 is 4.74 Å². The van der Waals surface area contributed by atoms with Crippen LogP contribution in [-0.2, 0) is 0 Å². The van der Waals surface area contributed by atoms with E-state index in [1.54, 1.807) is 11.6 Å². The summed E-state index contributed by atoms with van der Waals surface area (Å²) in [5, 5.41) is 11.6. The molecule has 0 aliphatic heterocycles. The molecule has 3 rings (SSSR count). The Morgan fingerprint density at radius 3 is 2.46 bits per heavy atom. The van der Waals surface area contributed by atoms with Crippen LogP contribution in [0.1, 0.15) is 17.3 Å². The van der Waals surface area contributed by atoms with E-state index in [2.05, 4.69) is 20.3 Å². The van der Waals surface area contributed by atoms with Crippen molar-refractivity contribution in [1.82, 2.24) is 20.2 Å². The number of para-hydroxylation sites is 1. The lowest BCUT2D eigenvalue weighted by Gasteiger charge is -2.11. The fourth-order valence-electron chi connectivity index (χ4n) is 2.23. The first-order valence-electron chi connectivity index (χ1n) is 7.64. The Morgan fingerprint density at radius 2 is 1.81 bits per heavy atom. The maximum atomic E-state index is 12.6. The lowest BCUT2D eigenvalue weighted by Crippen LogP contribution is -2.14. The molecule has 9 heteroatoms.